The quantitative estimate of drug-likeness (QED) is 0.759. The second-order valence-electron chi connectivity index (χ2n) is 5.12. The zero-order valence-corrected chi connectivity index (χ0v) is 13.9. The van der Waals surface area contributed by atoms with E-state index in [-0.39, 0.29) is 6.04 Å². The highest BCUT2D eigenvalue weighted by Crippen LogP contribution is 2.25. The fraction of sp³-hybridized carbons (Fsp3) is 0.500. The molecule has 1 N–H and O–H groups in total. The van der Waals surface area contributed by atoms with Crippen LogP contribution in [0.4, 0.5) is 0 Å². The second-order valence-corrected chi connectivity index (χ2v) is 6.21. The summed E-state index contributed by atoms with van der Waals surface area (Å²) >= 11 is 1.88. The molecule has 0 bridgehead atoms. The Balaban J connectivity index is 2.06. The molecule has 21 heavy (non-hydrogen) atoms. The van der Waals surface area contributed by atoms with Crippen LogP contribution in [-0.4, -0.2) is 27.3 Å². The van der Waals surface area contributed by atoms with Gasteiger partial charge in [0.2, 0.25) is 0 Å². The van der Waals surface area contributed by atoms with E-state index >= 15 is 0 Å². The minimum absolute atomic E-state index is 0.280. The molecule has 0 spiro atoms. The summed E-state index contributed by atoms with van der Waals surface area (Å²) in [6.07, 6.45) is 2.96. The van der Waals surface area contributed by atoms with Gasteiger partial charge in [-0.25, -0.2) is 4.68 Å². The van der Waals surface area contributed by atoms with Gasteiger partial charge in [-0.05, 0) is 32.0 Å². The number of hydrogen-bond donors (Lipinski definition) is 1. The van der Waals surface area contributed by atoms with Crippen LogP contribution in [0, 0.1) is 6.92 Å². The molecular formula is C16H24N4S. The smallest absolute Gasteiger partial charge is 0.0765 e. The van der Waals surface area contributed by atoms with Gasteiger partial charge in [-0.3, -0.25) is 0 Å². The first kappa shape index (κ1) is 16.0. The largest absolute Gasteiger partial charge is 0.308 e. The van der Waals surface area contributed by atoms with E-state index in [1.807, 2.05) is 22.6 Å². The fourth-order valence-electron chi connectivity index (χ4n) is 2.30. The van der Waals surface area contributed by atoms with Crippen molar-refractivity contribution in [3.05, 3.63) is 41.7 Å². The Kier molecular flexibility index (Phi) is 6.26. The SMILES string of the molecule is CCCn1nncc1C(CSc1cccc(C)c1)NCC. The van der Waals surface area contributed by atoms with Crippen LogP contribution in [0.3, 0.4) is 0 Å². The average molecular weight is 304 g/mol. The predicted octanol–water partition coefficient (Wildman–Crippen LogP) is 3.44. The molecule has 114 valence electrons. The third-order valence-corrected chi connectivity index (χ3v) is 4.38. The minimum Gasteiger partial charge on any atom is -0.308 e. The molecule has 4 nitrogen and oxygen atoms in total. The molecule has 2 aromatic rings. The van der Waals surface area contributed by atoms with E-state index in [2.05, 4.69) is 60.7 Å². The van der Waals surface area contributed by atoms with Crippen LogP contribution in [0.25, 0.3) is 0 Å². The highest BCUT2D eigenvalue weighted by atomic mass is 32.2. The number of nitrogens with zero attached hydrogens (tertiary/aromatic N) is 3. The maximum absolute atomic E-state index is 4.20. The summed E-state index contributed by atoms with van der Waals surface area (Å²) in [4.78, 5) is 1.31. The molecule has 0 amide bonds. The second kappa shape index (κ2) is 8.20. The van der Waals surface area contributed by atoms with Gasteiger partial charge < -0.3 is 5.32 Å². The number of aromatic nitrogens is 3. The van der Waals surface area contributed by atoms with Crippen molar-refractivity contribution in [1.29, 1.82) is 0 Å². The number of thioether (sulfide) groups is 1. The van der Waals surface area contributed by atoms with Crippen molar-refractivity contribution >= 4 is 11.8 Å². The van der Waals surface area contributed by atoms with Crippen molar-refractivity contribution in [3.8, 4) is 0 Å². The molecule has 0 saturated heterocycles. The van der Waals surface area contributed by atoms with Crippen LogP contribution >= 0.6 is 11.8 Å². The lowest BCUT2D eigenvalue weighted by Gasteiger charge is -2.18. The molecule has 1 heterocycles. The predicted molar refractivity (Wildman–Crippen MR) is 88.6 cm³/mol. The molecular weight excluding hydrogens is 280 g/mol. The Hall–Kier alpha value is -1.33. The number of nitrogens with one attached hydrogen (secondary N) is 1. The van der Waals surface area contributed by atoms with E-state index in [1.165, 1.54) is 16.2 Å². The topological polar surface area (TPSA) is 42.7 Å². The molecule has 1 aromatic heterocycles. The summed E-state index contributed by atoms with van der Waals surface area (Å²) in [7, 11) is 0. The van der Waals surface area contributed by atoms with Gasteiger partial charge in [0.25, 0.3) is 0 Å². The standard InChI is InChI=1S/C16H24N4S/c1-4-9-20-16(11-18-19-20)15(17-5-2)12-21-14-8-6-7-13(3)10-14/h6-8,10-11,15,17H,4-5,9,12H2,1-3H3. The van der Waals surface area contributed by atoms with Gasteiger partial charge >= 0.3 is 0 Å². The molecule has 0 aliphatic rings. The summed E-state index contributed by atoms with van der Waals surface area (Å²) in [5, 5.41) is 11.8. The van der Waals surface area contributed by atoms with E-state index in [0.717, 1.165) is 25.3 Å². The van der Waals surface area contributed by atoms with Crippen molar-refractivity contribution in [3.63, 3.8) is 0 Å². The lowest BCUT2D eigenvalue weighted by atomic mass is 10.2. The number of aryl methyl sites for hydroxylation is 2. The third kappa shape index (κ3) is 4.58. The molecule has 5 heteroatoms. The van der Waals surface area contributed by atoms with Gasteiger partial charge in [0, 0.05) is 17.2 Å². The van der Waals surface area contributed by atoms with Crippen molar-refractivity contribution in [2.45, 2.75) is 44.7 Å². The Morgan fingerprint density at radius 2 is 2.19 bits per heavy atom. The minimum atomic E-state index is 0.280. The van der Waals surface area contributed by atoms with Crippen LogP contribution < -0.4 is 5.32 Å². The lowest BCUT2D eigenvalue weighted by molar-refractivity contribution is 0.501. The Morgan fingerprint density at radius 1 is 1.33 bits per heavy atom. The van der Waals surface area contributed by atoms with Gasteiger partial charge in [-0.1, -0.05) is 36.8 Å². The zero-order chi connectivity index (χ0) is 15.1. The van der Waals surface area contributed by atoms with Crippen LogP contribution in [-0.2, 0) is 6.54 Å². The van der Waals surface area contributed by atoms with Gasteiger partial charge in [0.05, 0.1) is 17.9 Å². The van der Waals surface area contributed by atoms with E-state index in [9.17, 15) is 0 Å². The molecule has 0 saturated carbocycles. The summed E-state index contributed by atoms with van der Waals surface area (Å²) < 4.78 is 2.02. The van der Waals surface area contributed by atoms with E-state index in [0.29, 0.717) is 0 Å². The van der Waals surface area contributed by atoms with E-state index in [4.69, 9.17) is 0 Å². The first-order chi connectivity index (χ1) is 10.2. The van der Waals surface area contributed by atoms with Crippen LogP contribution in [0.2, 0.25) is 0 Å². The highest BCUT2D eigenvalue weighted by molar-refractivity contribution is 7.99. The summed E-state index contributed by atoms with van der Waals surface area (Å²) in [5.41, 5.74) is 2.48. The summed E-state index contributed by atoms with van der Waals surface area (Å²) in [6, 6.07) is 8.92. The van der Waals surface area contributed by atoms with Crippen LogP contribution in [0.1, 0.15) is 37.6 Å². The molecule has 1 atom stereocenters. The van der Waals surface area contributed by atoms with Crippen LogP contribution in [0.5, 0.6) is 0 Å². The first-order valence-electron chi connectivity index (χ1n) is 7.55. The molecule has 0 fully saturated rings. The maximum atomic E-state index is 4.20. The van der Waals surface area contributed by atoms with Crippen LogP contribution in [0.15, 0.2) is 35.4 Å². The van der Waals surface area contributed by atoms with Crippen molar-refractivity contribution in [1.82, 2.24) is 20.3 Å². The van der Waals surface area contributed by atoms with Crippen molar-refractivity contribution in [2.75, 3.05) is 12.3 Å². The lowest BCUT2D eigenvalue weighted by Crippen LogP contribution is -2.25. The first-order valence-corrected chi connectivity index (χ1v) is 8.54. The van der Waals surface area contributed by atoms with E-state index < -0.39 is 0 Å². The Morgan fingerprint density at radius 3 is 2.90 bits per heavy atom. The van der Waals surface area contributed by atoms with Gasteiger partial charge in [0.15, 0.2) is 0 Å². The Bertz CT molecular complexity index is 553. The molecule has 1 unspecified atom stereocenters. The molecule has 1 aromatic carbocycles. The van der Waals surface area contributed by atoms with Gasteiger partial charge in [-0.2, -0.15) is 0 Å². The van der Waals surface area contributed by atoms with Crippen molar-refractivity contribution < 1.29 is 0 Å². The van der Waals surface area contributed by atoms with Gasteiger partial charge in [0.1, 0.15) is 0 Å². The maximum Gasteiger partial charge on any atom is 0.0765 e. The zero-order valence-electron chi connectivity index (χ0n) is 13.0. The summed E-state index contributed by atoms with van der Waals surface area (Å²) in [6.45, 7) is 8.29. The normalized spacial score (nSPS) is 12.5. The van der Waals surface area contributed by atoms with Crippen molar-refractivity contribution in [2.24, 2.45) is 0 Å². The fourth-order valence-corrected chi connectivity index (χ4v) is 3.39. The third-order valence-electron chi connectivity index (χ3n) is 3.30. The number of benzene rings is 1. The molecule has 0 radical (unpaired) electrons. The highest BCUT2D eigenvalue weighted by Gasteiger charge is 2.16. The number of rotatable bonds is 8. The monoisotopic (exact) mass is 304 g/mol. The number of hydrogen-bond acceptors (Lipinski definition) is 4. The average Bonchev–Trinajstić information content (AvgIpc) is 2.92. The van der Waals surface area contributed by atoms with E-state index in [1.54, 1.807) is 0 Å². The molecule has 0 aliphatic carbocycles. The molecule has 2 rings (SSSR count). The van der Waals surface area contributed by atoms with Gasteiger partial charge in [-0.15, -0.1) is 16.9 Å². The molecule has 0 aliphatic heterocycles. The Labute approximate surface area is 131 Å². The summed E-state index contributed by atoms with van der Waals surface area (Å²) in [5.74, 6) is 0.981.